The molecule has 136 valence electrons. The van der Waals surface area contributed by atoms with E-state index in [4.69, 9.17) is 4.74 Å². The van der Waals surface area contributed by atoms with Crippen LogP contribution in [0.15, 0.2) is 53.9 Å². The SMILES string of the molecule is CC1(C)Oc2ccc(C#N)cc2C(Nc2nc(-c3ccccc3)cs2)[C@@H]1O. The molecule has 0 saturated heterocycles. The molecule has 6 heteroatoms. The number of thiazole rings is 1. The number of nitrogens with zero attached hydrogens (tertiary/aromatic N) is 2. The van der Waals surface area contributed by atoms with Crippen molar-refractivity contribution < 1.29 is 9.84 Å². The van der Waals surface area contributed by atoms with Crippen molar-refractivity contribution >= 4 is 16.5 Å². The number of nitriles is 1. The van der Waals surface area contributed by atoms with Crippen LogP contribution in [0.2, 0.25) is 0 Å². The molecule has 27 heavy (non-hydrogen) atoms. The largest absolute Gasteiger partial charge is 0.485 e. The Morgan fingerprint density at radius 2 is 2.00 bits per heavy atom. The van der Waals surface area contributed by atoms with Crippen LogP contribution in [0.4, 0.5) is 5.13 Å². The van der Waals surface area contributed by atoms with Crippen LogP contribution in [0.3, 0.4) is 0 Å². The summed E-state index contributed by atoms with van der Waals surface area (Å²) < 4.78 is 5.96. The number of aromatic nitrogens is 1. The predicted octanol–water partition coefficient (Wildman–Crippen LogP) is 4.37. The molecule has 0 saturated carbocycles. The maximum Gasteiger partial charge on any atom is 0.183 e. The Balaban J connectivity index is 1.69. The summed E-state index contributed by atoms with van der Waals surface area (Å²) in [5, 5.41) is 26.2. The molecule has 3 aromatic rings. The quantitative estimate of drug-likeness (QED) is 0.709. The van der Waals surface area contributed by atoms with Gasteiger partial charge in [-0.3, -0.25) is 0 Å². The minimum absolute atomic E-state index is 0.424. The lowest BCUT2D eigenvalue weighted by molar-refractivity contribution is -0.0532. The maximum absolute atomic E-state index is 10.9. The third-order valence-corrected chi connectivity index (χ3v) is 5.50. The summed E-state index contributed by atoms with van der Waals surface area (Å²) in [7, 11) is 0. The Labute approximate surface area is 161 Å². The minimum atomic E-state index is -0.803. The van der Waals surface area contributed by atoms with E-state index < -0.39 is 17.7 Å². The first-order chi connectivity index (χ1) is 13.0. The number of nitrogens with one attached hydrogen (secondary N) is 1. The summed E-state index contributed by atoms with van der Waals surface area (Å²) in [6.45, 7) is 3.70. The number of benzene rings is 2. The van der Waals surface area contributed by atoms with E-state index in [1.54, 1.807) is 18.2 Å². The molecule has 2 heterocycles. The summed E-state index contributed by atoms with van der Waals surface area (Å²) in [6.07, 6.45) is -0.803. The van der Waals surface area contributed by atoms with E-state index >= 15 is 0 Å². The van der Waals surface area contributed by atoms with Gasteiger partial charge < -0.3 is 15.2 Å². The molecule has 4 rings (SSSR count). The molecule has 0 amide bonds. The van der Waals surface area contributed by atoms with Crippen LogP contribution in [0, 0.1) is 11.3 Å². The summed E-state index contributed by atoms with van der Waals surface area (Å²) >= 11 is 1.49. The molecule has 1 aliphatic heterocycles. The van der Waals surface area contributed by atoms with Gasteiger partial charge >= 0.3 is 0 Å². The highest BCUT2D eigenvalue weighted by Gasteiger charge is 2.43. The molecule has 0 fully saturated rings. The van der Waals surface area contributed by atoms with Crippen LogP contribution in [-0.2, 0) is 0 Å². The summed E-state index contributed by atoms with van der Waals surface area (Å²) in [6, 6.07) is 16.9. The lowest BCUT2D eigenvalue weighted by Crippen LogP contribution is -2.50. The Morgan fingerprint density at radius 1 is 1.22 bits per heavy atom. The zero-order chi connectivity index (χ0) is 19.0. The van der Waals surface area contributed by atoms with Gasteiger partial charge in [-0.05, 0) is 32.0 Å². The molecular formula is C21H19N3O2S. The first-order valence-corrected chi connectivity index (χ1v) is 9.54. The van der Waals surface area contributed by atoms with Gasteiger partial charge in [0.2, 0.25) is 0 Å². The van der Waals surface area contributed by atoms with Gasteiger partial charge in [-0.1, -0.05) is 30.3 Å². The molecule has 2 atom stereocenters. The van der Waals surface area contributed by atoms with Crippen molar-refractivity contribution in [3.8, 4) is 23.1 Å². The second-order valence-electron chi connectivity index (χ2n) is 7.04. The van der Waals surface area contributed by atoms with Crippen molar-refractivity contribution in [1.82, 2.24) is 4.98 Å². The average Bonchev–Trinajstić information content (AvgIpc) is 3.14. The summed E-state index contributed by atoms with van der Waals surface area (Å²) in [4.78, 5) is 4.66. The maximum atomic E-state index is 10.9. The molecule has 1 aromatic heterocycles. The number of aliphatic hydroxyl groups excluding tert-OH is 1. The number of ether oxygens (including phenoxy) is 1. The molecule has 0 bridgehead atoms. The zero-order valence-electron chi connectivity index (χ0n) is 15.0. The van der Waals surface area contributed by atoms with Gasteiger partial charge in [0, 0.05) is 16.5 Å². The molecule has 2 aromatic carbocycles. The Bertz CT molecular complexity index is 1010. The molecule has 1 unspecified atom stereocenters. The topological polar surface area (TPSA) is 78.2 Å². The van der Waals surface area contributed by atoms with E-state index in [0.29, 0.717) is 16.4 Å². The molecular weight excluding hydrogens is 358 g/mol. The van der Waals surface area contributed by atoms with E-state index in [0.717, 1.165) is 16.8 Å². The number of rotatable bonds is 3. The van der Waals surface area contributed by atoms with Crippen molar-refractivity contribution in [2.24, 2.45) is 0 Å². The average molecular weight is 377 g/mol. The van der Waals surface area contributed by atoms with Crippen molar-refractivity contribution in [2.45, 2.75) is 31.6 Å². The van der Waals surface area contributed by atoms with Crippen molar-refractivity contribution in [3.05, 3.63) is 65.0 Å². The van der Waals surface area contributed by atoms with Crippen LogP contribution in [0.5, 0.6) is 5.75 Å². The highest BCUT2D eigenvalue weighted by Crippen LogP contribution is 2.42. The summed E-state index contributed by atoms with van der Waals surface area (Å²) in [5.74, 6) is 0.668. The number of aliphatic hydroxyl groups is 1. The van der Waals surface area contributed by atoms with Crippen molar-refractivity contribution in [1.29, 1.82) is 5.26 Å². The standard InChI is InChI=1S/C21H19N3O2S/c1-21(2)19(25)18(15-10-13(11-22)8-9-17(15)26-21)24-20-23-16(12-27-20)14-6-4-3-5-7-14/h3-10,12,18-19,25H,1-2H3,(H,23,24)/t18?,19-/m0/s1. The van der Waals surface area contributed by atoms with E-state index in [2.05, 4.69) is 16.4 Å². The second kappa shape index (κ2) is 6.69. The lowest BCUT2D eigenvalue weighted by Gasteiger charge is -2.42. The van der Waals surface area contributed by atoms with E-state index in [1.165, 1.54) is 11.3 Å². The van der Waals surface area contributed by atoms with Crippen molar-refractivity contribution in [3.63, 3.8) is 0 Å². The van der Waals surface area contributed by atoms with Gasteiger partial charge in [-0.2, -0.15) is 5.26 Å². The normalized spacial score (nSPS) is 20.2. The Morgan fingerprint density at radius 3 is 2.74 bits per heavy atom. The number of hydrogen-bond acceptors (Lipinski definition) is 6. The Hall–Kier alpha value is -2.88. The number of anilines is 1. The minimum Gasteiger partial charge on any atom is -0.485 e. The van der Waals surface area contributed by atoms with Crippen LogP contribution >= 0.6 is 11.3 Å². The van der Waals surface area contributed by atoms with Gasteiger partial charge in [0.25, 0.3) is 0 Å². The third kappa shape index (κ3) is 3.27. The molecule has 0 radical (unpaired) electrons. The number of fused-ring (bicyclic) bond motifs is 1. The van der Waals surface area contributed by atoms with E-state index in [1.807, 2.05) is 49.6 Å². The van der Waals surface area contributed by atoms with Gasteiger partial charge in [-0.25, -0.2) is 4.98 Å². The Kier molecular flexibility index (Phi) is 4.34. The fraction of sp³-hybridized carbons (Fsp3) is 0.238. The highest BCUT2D eigenvalue weighted by atomic mass is 32.1. The fourth-order valence-electron chi connectivity index (χ4n) is 3.24. The first-order valence-electron chi connectivity index (χ1n) is 8.66. The van der Waals surface area contributed by atoms with Crippen LogP contribution in [-0.4, -0.2) is 21.8 Å². The van der Waals surface area contributed by atoms with E-state index in [9.17, 15) is 10.4 Å². The molecule has 0 spiro atoms. The predicted molar refractivity (Wildman–Crippen MR) is 106 cm³/mol. The number of hydrogen-bond donors (Lipinski definition) is 2. The molecule has 5 nitrogen and oxygen atoms in total. The summed E-state index contributed by atoms with van der Waals surface area (Å²) in [5.41, 5.74) is 2.45. The molecule has 0 aliphatic carbocycles. The van der Waals surface area contributed by atoms with Crippen LogP contribution in [0.1, 0.15) is 31.0 Å². The van der Waals surface area contributed by atoms with Gasteiger partial charge in [-0.15, -0.1) is 11.3 Å². The molecule has 2 N–H and O–H groups in total. The van der Waals surface area contributed by atoms with Gasteiger partial charge in [0.05, 0.1) is 23.4 Å². The van der Waals surface area contributed by atoms with Crippen LogP contribution < -0.4 is 10.1 Å². The smallest absolute Gasteiger partial charge is 0.183 e. The van der Waals surface area contributed by atoms with Gasteiger partial charge in [0.15, 0.2) is 5.13 Å². The van der Waals surface area contributed by atoms with Crippen LogP contribution in [0.25, 0.3) is 11.3 Å². The lowest BCUT2D eigenvalue weighted by atomic mass is 9.86. The molecule has 1 aliphatic rings. The second-order valence-corrected chi connectivity index (χ2v) is 7.90. The highest BCUT2D eigenvalue weighted by molar-refractivity contribution is 7.14. The fourth-order valence-corrected chi connectivity index (χ4v) is 4.00. The monoisotopic (exact) mass is 377 g/mol. The van der Waals surface area contributed by atoms with E-state index in [-0.39, 0.29) is 0 Å². The third-order valence-electron chi connectivity index (χ3n) is 4.73. The van der Waals surface area contributed by atoms with Crippen molar-refractivity contribution in [2.75, 3.05) is 5.32 Å². The first kappa shape index (κ1) is 17.5. The zero-order valence-corrected chi connectivity index (χ0v) is 15.8. The van der Waals surface area contributed by atoms with Gasteiger partial charge in [0.1, 0.15) is 17.5 Å².